The van der Waals surface area contributed by atoms with Crippen molar-refractivity contribution >= 4 is 16.8 Å². The van der Waals surface area contributed by atoms with Gasteiger partial charge in [-0.25, -0.2) is 0 Å². The van der Waals surface area contributed by atoms with Crippen molar-refractivity contribution in [3.05, 3.63) is 131 Å². The molecule has 210 valence electrons. The molecule has 0 spiro atoms. The van der Waals surface area contributed by atoms with E-state index >= 15 is 0 Å². The zero-order chi connectivity index (χ0) is 28.9. The zero-order valence-electron chi connectivity index (χ0n) is 21.1. The summed E-state index contributed by atoms with van der Waals surface area (Å²) in [5, 5.41) is 0. The van der Waals surface area contributed by atoms with Crippen LogP contribution in [0.25, 0.3) is 11.1 Å². The third kappa shape index (κ3) is 7.31. The number of halogens is 4. The van der Waals surface area contributed by atoms with Gasteiger partial charge in [0.2, 0.25) is 16.8 Å². The van der Waals surface area contributed by atoms with Crippen molar-refractivity contribution in [2.24, 2.45) is 0 Å². The number of hydrogen-bond donors (Lipinski definition) is 4. The fourth-order valence-corrected chi connectivity index (χ4v) is 4.99. The van der Waals surface area contributed by atoms with Gasteiger partial charge < -0.3 is 19.6 Å². The average Bonchev–Trinajstić information content (AvgIpc) is 2.94. The highest BCUT2D eigenvalue weighted by Gasteiger charge is 2.41. The largest absolute Gasteiger partial charge is 0.346 e. The molecular formula is C29H27F4NO4P2. The van der Waals surface area contributed by atoms with Crippen molar-refractivity contribution in [1.82, 2.24) is 4.90 Å². The van der Waals surface area contributed by atoms with Crippen LogP contribution in [0.15, 0.2) is 103 Å². The molecule has 0 saturated carbocycles. The van der Waals surface area contributed by atoms with Gasteiger partial charge in [-0.15, -0.1) is 0 Å². The number of nitrogens with zero attached hydrogens (tertiary/aromatic N) is 1. The van der Waals surface area contributed by atoms with E-state index in [1.165, 1.54) is 24.3 Å². The van der Waals surface area contributed by atoms with Gasteiger partial charge in [-0.2, -0.15) is 17.6 Å². The first-order chi connectivity index (χ1) is 19.0. The van der Waals surface area contributed by atoms with Crippen LogP contribution in [0, 0.1) is 0 Å². The lowest BCUT2D eigenvalue weighted by Crippen LogP contribution is -2.22. The summed E-state index contributed by atoms with van der Waals surface area (Å²) in [5.74, 6) is 0. The van der Waals surface area contributed by atoms with Gasteiger partial charge in [0.25, 0.3) is 0 Å². The second-order valence-corrected chi connectivity index (χ2v) is 11.5. The molecule has 4 N–H and O–H groups in total. The van der Waals surface area contributed by atoms with E-state index < -0.39 is 39.2 Å². The van der Waals surface area contributed by atoms with Gasteiger partial charge in [-0.1, -0.05) is 103 Å². The van der Waals surface area contributed by atoms with Crippen molar-refractivity contribution in [2.45, 2.75) is 31.0 Å². The number of hydrogen-bond acceptors (Lipinski definition) is 5. The maximum Gasteiger partial charge on any atom is 0.339 e. The van der Waals surface area contributed by atoms with E-state index in [-0.39, 0.29) is 0 Å². The molecule has 0 aliphatic carbocycles. The van der Waals surface area contributed by atoms with E-state index in [2.05, 4.69) is 0 Å². The minimum absolute atomic E-state index is 0.329. The van der Waals surface area contributed by atoms with E-state index in [4.69, 9.17) is 19.6 Å². The second-order valence-electron chi connectivity index (χ2n) is 9.26. The third-order valence-electron chi connectivity index (χ3n) is 6.38. The van der Waals surface area contributed by atoms with E-state index in [9.17, 15) is 17.6 Å². The molecule has 5 nitrogen and oxygen atoms in total. The van der Waals surface area contributed by atoms with Crippen LogP contribution in [0.3, 0.4) is 0 Å². The Balaban J connectivity index is 1.55. The van der Waals surface area contributed by atoms with Gasteiger partial charge >= 0.3 is 11.3 Å². The van der Waals surface area contributed by atoms with Crippen molar-refractivity contribution < 1.29 is 37.1 Å². The molecule has 4 aromatic carbocycles. The van der Waals surface area contributed by atoms with E-state index in [1.807, 2.05) is 59.5 Å². The molecule has 0 saturated heterocycles. The first kappa shape index (κ1) is 30.2. The highest BCUT2D eigenvalue weighted by Crippen LogP contribution is 2.53. The maximum absolute atomic E-state index is 14.0. The Morgan fingerprint density at radius 1 is 0.475 bits per heavy atom. The monoisotopic (exact) mass is 591 g/mol. The molecule has 0 radical (unpaired) electrons. The van der Waals surface area contributed by atoms with Crippen LogP contribution in [0.2, 0.25) is 0 Å². The molecule has 4 aromatic rings. The first-order valence-electron chi connectivity index (χ1n) is 12.1. The van der Waals surface area contributed by atoms with Crippen LogP contribution in [-0.2, 0) is 31.0 Å². The predicted octanol–water partition coefficient (Wildman–Crippen LogP) is 7.25. The Morgan fingerprint density at radius 3 is 1.15 bits per heavy atom. The lowest BCUT2D eigenvalue weighted by Gasteiger charge is -2.24. The van der Waals surface area contributed by atoms with Crippen molar-refractivity contribution in [2.75, 3.05) is 0 Å². The van der Waals surface area contributed by atoms with Crippen molar-refractivity contribution in [3.63, 3.8) is 0 Å². The molecule has 0 atom stereocenters. The molecule has 4 rings (SSSR count). The minimum Gasteiger partial charge on any atom is -0.346 e. The van der Waals surface area contributed by atoms with Gasteiger partial charge in [0, 0.05) is 30.8 Å². The van der Waals surface area contributed by atoms with Crippen LogP contribution in [0.5, 0.6) is 0 Å². The number of rotatable bonds is 11. The summed E-state index contributed by atoms with van der Waals surface area (Å²) in [7, 11) is -6.95. The van der Waals surface area contributed by atoms with Crippen molar-refractivity contribution in [1.29, 1.82) is 0 Å². The molecule has 0 heterocycles. The molecule has 0 amide bonds. The summed E-state index contributed by atoms with van der Waals surface area (Å²) < 4.78 is 56.0. The highest BCUT2D eigenvalue weighted by atomic mass is 31.2. The summed E-state index contributed by atoms with van der Waals surface area (Å²) in [6.07, 6.45) is 0. The van der Waals surface area contributed by atoms with E-state index in [0.29, 0.717) is 30.8 Å². The summed E-state index contributed by atoms with van der Waals surface area (Å²) in [6, 6.07) is 28.4. The molecule has 0 aliphatic heterocycles. The molecule has 40 heavy (non-hydrogen) atoms. The predicted molar refractivity (Wildman–Crippen MR) is 148 cm³/mol. The van der Waals surface area contributed by atoms with Gasteiger partial charge in [-0.05, 0) is 27.8 Å². The van der Waals surface area contributed by atoms with Crippen LogP contribution in [-0.4, -0.2) is 24.5 Å². The number of benzene rings is 4. The van der Waals surface area contributed by atoms with Crippen LogP contribution < -0.4 is 0 Å². The Labute approximate surface area is 231 Å². The Bertz CT molecular complexity index is 1310. The summed E-state index contributed by atoms with van der Waals surface area (Å²) in [5.41, 5.74) is -4.02. The standard InChI is InChI=1S/C29H27F4NO4P2/c30-28(31,39(35)36)26-14-8-22(9-15-26)19-34(20-23-10-16-27(17-11-23)29(32,33)40(37)38)18-21-6-12-25(13-7-21)24-4-2-1-3-5-24/h1-17,35-38H,18-20H2. The topological polar surface area (TPSA) is 84.2 Å². The SMILES string of the molecule is OP(O)C(F)(F)c1ccc(CN(Cc2ccc(-c3ccccc3)cc2)Cc2ccc(C(F)(F)P(O)O)cc2)cc1. The highest BCUT2D eigenvalue weighted by molar-refractivity contribution is 7.46. The fraction of sp³-hybridized carbons (Fsp3) is 0.172. The Morgan fingerprint density at radius 2 is 0.800 bits per heavy atom. The van der Waals surface area contributed by atoms with E-state index in [0.717, 1.165) is 41.0 Å². The molecule has 0 bridgehead atoms. The first-order valence-corrected chi connectivity index (χ1v) is 14.6. The van der Waals surface area contributed by atoms with E-state index in [1.54, 1.807) is 0 Å². The third-order valence-corrected chi connectivity index (χ3v) is 7.91. The van der Waals surface area contributed by atoms with Crippen LogP contribution in [0.4, 0.5) is 17.6 Å². The van der Waals surface area contributed by atoms with Crippen LogP contribution in [0.1, 0.15) is 27.8 Å². The average molecular weight is 591 g/mol. The van der Waals surface area contributed by atoms with Crippen LogP contribution >= 0.6 is 16.8 Å². The zero-order valence-corrected chi connectivity index (χ0v) is 22.9. The molecular weight excluding hydrogens is 564 g/mol. The molecule has 11 heteroatoms. The van der Waals surface area contributed by atoms with Gasteiger partial charge in [0.05, 0.1) is 0 Å². The normalized spacial score (nSPS) is 12.5. The van der Waals surface area contributed by atoms with Gasteiger partial charge in [0.15, 0.2) is 0 Å². The summed E-state index contributed by atoms with van der Waals surface area (Å²) in [6.45, 7) is 1.12. The lowest BCUT2D eigenvalue weighted by molar-refractivity contribution is 0.0731. The van der Waals surface area contributed by atoms with Gasteiger partial charge in [0.1, 0.15) is 0 Å². The lowest BCUT2D eigenvalue weighted by atomic mass is 10.0. The maximum atomic E-state index is 14.0. The Kier molecular flexibility index (Phi) is 9.70. The van der Waals surface area contributed by atoms with Gasteiger partial charge in [-0.3, -0.25) is 4.90 Å². The molecule has 0 fully saturated rings. The summed E-state index contributed by atoms with van der Waals surface area (Å²) in [4.78, 5) is 38.2. The Hall–Kier alpha value is -2.74. The van der Waals surface area contributed by atoms with Crippen molar-refractivity contribution in [3.8, 4) is 11.1 Å². The molecule has 0 aromatic heterocycles. The number of alkyl halides is 4. The smallest absolute Gasteiger partial charge is 0.339 e. The fourth-order valence-electron chi connectivity index (χ4n) is 4.23. The minimum atomic E-state index is -3.75. The summed E-state index contributed by atoms with van der Waals surface area (Å²) >= 11 is 0. The molecule has 0 aliphatic rings. The second kappa shape index (κ2) is 12.8. The quantitative estimate of drug-likeness (QED) is 0.109. The molecule has 0 unspecified atom stereocenters.